The predicted molar refractivity (Wildman–Crippen MR) is 89.1 cm³/mol. The van der Waals surface area contributed by atoms with Crippen molar-refractivity contribution in [1.82, 2.24) is 14.9 Å². The van der Waals surface area contributed by atoms with E-state index in [9.17, 15) is 5.11 Å². The van der Waals surface area contributed by atoms with Crippen LogP contribution in [0.25, 0.3) is 0 Å². The Hall–Kier alpha value is -1.78. The van der Waals surface area contributed by atoms with Gasteiger partial charge in [0.25, 0.3) is 0 Å². The molecule has 1 N–H and O–H groups in total. The summed E-state index contributed by atoms with van der Waals surface area (Å²) in [5.74, 6) is 1.30. The van der Waals surface area contributed by atoms with Crippen molar-refractivity contribution in [2.24, 2.45) is 0 Å². The van der Waals surface area contributed by atoms with Crippen molar-refractivity contribution >= 4 is 0 Å². The maximum atomic E-state index is 10.7. The van der Waals surface area contributed by atoms with E-state index in [1.54, 1.807) is 0 Å². The van der Waals surface area contributed by atoms with Gasteiger partial charge in [-0.3, -0.25) is 4.90 Å². The van der Waals surface area contributed by atoms with Crippen molar-refractivity contribution in [2.75, 3.05) is 6.54 Å². The smallest absolute Gasteiger partial charge is 0.131 e. The van der Waals surface area contributed by atoms with Gasteiger partial charge in [0.2, 0.25) is 0 Å². The van der Waals surface area contributed by atoms with Crippen LogP contribution in [-0.4, -0.2) is 32.6 Å². The van der Waals surface area contributed by atoms with Gasteiger partial charge in [0.15, 0.2) is 0 Å². The van der Waals surface area contributed by atoms with Crippen molar-refractivity contribution in [1.29, 1.82) is 0 Å². The molecule has 0 radical (unpaired) electrons. The summed E-state index contributed by atoms with van der Waals surface area (Å²) in [7, 11) is 0. The van der Waals surface area contributed by atoms with Crippen LogP contribution in [0, 0.1) is 0 Å². The van der Waals surface area contributed by atoms with Crippen LogP contribution in [0.5, 0.6) is 0 Å². The first-order valence-corrected chi connectivity index (χ1v) is 8.48. The first-order valence-electron chi connectivity index (χ1n) is 8.48. The second kappa shape index (κ2) is 5.69. The second-order valence-corrected chi connectivity index (χ2v) is 6.99. The number of rotatable bonds is 2. The molecule has 1 aromatic heterocycles. The molecule has 0 amide bonds. The molecule has 1 aliphatic heterocycles. The lowest BCUT2D eigenvalue weighted by Crippen LogP contribution is -2.42. The molecule has 0 spiro atoms. The Morgan fingerprint density at radius 3 is 2.83 bits per heavy atom. The fourth-order valence-corrected chi connectivity index (χ4v) is 3.80. The molecule has 0 fully saturated rings. The van der Waals surface area contributed by atoms with Crippen LogP contribution in [0.1, 0.15) is 54.1 Å². The third-order valence-corrected chi connectivity index (χ3v) is 5.13. The quantitative estimate of drug-likeness (QED) is 0.926. The number of aromatic nitrogens is 2. The Bertz CT molecular complexity index is 728. The van der Waals surface area contributed by atoms with Crippen LogP contribution >= 0.6 is 0 Å². The van der Waals surface area contributed by atoms with Crippen molar-refractivity contribution in [3.63, 3.8) is 0 Å². The van der Waals surface area contributed by atoms with E-state index < -0.39 is 0 Å². The van der Waals surface area contributed by atoms with Crippen LogP contribution < -0.4 is 0 Å². The minimum atomic E-state index is -0.386. The average Bonchev–Trinajstić information content (AvgIpc) is 2.91. The monoisotopic (exact) mass is 309 g/mol. The molecular weight excluding hydrogens is 286 g/mol. The lowest BCUT2D eigenvalue weighted by atomic mass is 10.0. The summed E-state index contributed by atoms with van der Waals surface area (Å²) in [5, 5.41) is 10.7. The van der Waals surface area contributed by atoms with E-state index in [-0.39, 0.29) is 12.1 Å². The molecule has 2 unspecified atom stereocenters. The Labute approximate surface area is 137 Å². The highest BCUT2D eigenvalue weighted by atomic mass is 16.3. The van der Waals surface area contributed by atoms with Crippen molar-refractivity contribution in [3.05, 3.63) is 58.7 Å². The molecule has 1 aliphatic carbocycles. The highest BCUT2D eigenvalue weighted by Crippen LogP contribution is 2.36. The van der Waals surface area contributed by atoms with E-state index in [0.717, 1.165) is 37.3 Å². The van der Waals surface area contributed by atoms with E-state index >= 15 is 0 Å². The zero-order chi connectivity index (χ0) is 16.0. The van der Waals surface area contributed by atoms with Crippen LogP contribution in [0.3, 0.4) is 0 Å². The standard InChI is InChI=1S/C19H23N3O/c1-12(2)19-20-10-14-11-22(8-7-16(14)21-19)17-9-13-5-3-4-6-15(13)18(17)23/h3-6,10,12,17-18,23H,7-9,11H2,1-2H3. The van der Waals surface area contributed by atoms with Gasteiger partial charge in [-0.15, -0.1) is 0 Å². The summed E-state index contributed by atoms with van der Waals surface area (Å²) in [5.41, 5.74) is 4.77. The third-order valence-electron chi connectivity index (χ3n) is 5.13. The minimum absolute atomic E-state index is 0.172. The third kappa shape index (κ3) is 2.56. The van der Waals surface area contributed by atoms with Gasteiger partial charge < -0.3 is 5.11 Å². The van der Waals surface area contributed by atoms with Crippen LogP contribution in [0.2, 0.25) is 0 Å². The number of hydrogen-bond donors (Lipinski definition) is 1. The number of aliphatic hydroxyl groups is 1. The minimum Gasteiger partial charge on any atom is -0.387 e. The summed E-state index contributed by atoms with van der Waals surface area (Å²) in [6.07, 6.45) is 3.47. The zero-order valence-electron chi connectivity index (χ0n) is 13.7. The highest BCUT2D eigenvalue weighted by Gasteiger charge is 2.36. The fourth-order valence-electron chi connectivity index (χ4n) is 3.80. The van der Waals surface area contributed by atoms with Crippen molar-refractivity contribution < 1.29 is 5.11 Å². The molecule has 0 saturated carbocycles. The lowest BCUT2D eigenvalue weighted by Gasteiger charge is -2.34. The number of nitrogens with zero attached hydrogens (tertiary/aromatic N) is 3. The molecule has 2 atom stereocenters. The molecule has 0 bridgehead atoms. The maximum absolute atomic E-state index is 10.7. The maximum Gasteiger partial charge on any atom is 0.131 e. The Kier molecular flexibility index (Phi) is 3.66. The molecule has 0 saturated heterocycles. The summed E-state index contributed by atoms with van der Waals surface area (Å²) in [6, 6.07) is 8.42. The summed E-state index contributed by atoms with van der Waals surface area (Å²) < 4.78 is 0. The Morgan fingerprint density at radius 1 is 1.22 bits per heavy atom. The summed E-state index contributed by atoms with van der Waals surface area (Å²) >= 11 is 0. The zero-order valence-corrected chi connectivity index (χ0v) is 13.7. The van der Waals surface area contributed by atoms with Gasteiger partial charge >= 0.3 is 0 Å². The molecule has 2 aromatic rings. The number of hydrogen-bond acceptors (Lipinski definition) is 4. The summed E-state index contributed by atoms with van der Waals surface area (Å²) in [6.45, 7) is 6.05. The van der Waals surface area contributed by atoms with E-state index in [1.165, 1.54) is 16.8 Å². The predicted octanol–water partition coefficient (Wildman–Crippen LogP) is 2.62. The molecule has 4 rings (SSSR count). The molecule has 2 heterocycles. The highest BCUT2D eigenvalue weighted by molar-refractivity contribution is 5.36. The number of aliphatic hydroxyl groups excluding tert-OH is 1. The van der Waals surface area contributed by atoms with Crippen molar-refractivity contribution in [3.8, 4) is 0 Å². The topological polar surface area (TPSA) is 49.2 Å². The van der Waals surface area contributed by atoms with Gasteiger partial charge in [-0.1, -0.05) is 38.1 Å². The van der Waals surface area contributed by atoms with Gasteiger partial charge in [0.1, 0.15) is 5.82 Å². The van der Waals surface area contributed by atoms with Crippen LogP contribution in [0.4, 0.5) is 0 Å². The molecular formula is C19H23N3O. The molecule has 2 aliphatic rings. The molecule has 4 heteroatoms. The van der Waals surface area contributed by atoms with Gasteiger partial charge in [-0.2, -0.15) is 0 Å². The molecule has 4 nitrogen and oxygen atoms in total. The fraction of sp³-hybridized carbons (Fsp3) is 0.474. The average molecular weight is 309 g/mol. The Balaban J connectivity index is 1.55. The SMILES string of the molecule is CC(C)c1ncc2c(n1)CCN(C1Cc3ccccc3C1O)C2. The second-order valence-electron chi connectivity index (χ2n) is 6.99. The first kappa shape index (κ1) is 14.8. The van der Waals surface area contributed by atoms with Gasteiger partial charge in [0, 0.05) is 48.9 Å². The van der Waals surface area contributed by atoms with E-state index in [0.29, 0.717) is 5.92 Å². The van der Waals surface area contributed by atoms with E-state index in [1.807, 2.05) is 12.3 Å². The van der Waals surface area contributed by atoms with Crippen LogP contribution in [-0.2, 0) is 19.4 Å². The Morgan fingerprint density at radius 2 is 2.04 bits per heavy atom. The molecule has 120 valence electrons. The van der Waals surface area contributed by atoms with E-state index in [2.05, 4.69) is 41.9 Å². The largest absolute Gasteiger partial charge is 0.387 e. The number of fused-ring (bicyclic) bond motifs is 2. The van der Waals surface area contributed by atoms with E-state index in [4.69, 9.17) is 4.98 Å². The van der Waals surface area contributed by atoms with Crippen molar-refractivity contribution in [2.45, 2.75) is 51.3 Å². The lowest BCUT2D eigenvalue weighted by molar-refractivity contribution is 0.0520. The molecule has 1 aromatic carbocycles. The number of benzene rings is 1. The molecule has 23 heavy (non-hydrogen) atoms. The normalized spacial score (nSPS) is 23.8. The van der Waals surface area contributed by atoms with Gasteiger partial charge in [-0.25, -0.2) is 9.97 Å². The van der Waals surface area contributed by atoms with Gasteiger partial charge in [-0.05, 0) is 17.5 Å². The van der Waals surface area contributed by atoms with Crippen LogP contribution in [0.15, 0.2) is 30.5 Å². The van der Waals surface area contributed by atoms with Gasteiger partial charge in [0.05, 0.1) is 6.10 Å². The first-order chi connectivity index (χ1) is 11.1. The summed E-state index contributed by atoms with van der Waals surface area (Å²) in [4.78, 5) is 11.6.